The molecule has 124 valence electrons. The number of benzene rings is 1. The first-order valence-electron chi connectivity index (χ1n) is 8.76. The Morgan fingerprint density at radius 3 is 2.42 bits per heavy atom. The Hall–Kier alpha value is -2.43. The van der Waals surface area contributed by atoms with E-state index in [0.717, 1.165) is 51.3 Å². The standard InChI is InChI=1S/C19H22N4O/c24-19(22-11-4-1-5-12-22)17-8-9-18(21-20-17)23-13-10-15-6-2-3-7-16(15)14-23/h2-3,6-9H,1,4-5,10-14H2. The number of nitrogens with zero attached hydrogens (tertiary/aromatic N) is 4. The van der Waals surface area contributed by atoms with Gasteiger partial charge in [-0.1, -0.05) is 24.3 Å². The zero-order valence-corrected chi connectivity index (χ0v) is 13.8. The highest BCUT2D eigenvalue weighted by atomic mass is 16.2. The fourth-order valence-electron chi connectivity index (χ4n) is 3.56. The van der Waals surface area contributed by atoms with Gasteiger partial charge in [-0.3, -0.25) is 4.79 Å². The monoisotopic (exact) mass is 322 g/mol. The Bertz CT molecular complexity index is 722. The number of anilines is 1. The van der Waals surface area contributed by atoms with Crippen LogP contribution in [0.5, 0.6) is 0 Å². The molecule has 0 spiro atoms. The van der Waals surface area contributed by atoms with E-state index in [9.17, 15) is 4.79 Å². The summed E-state index contributed by atoms with van der Waals surface area (Å²) in [5.74, 6) is 0.859. The second-order valence-electron chi connectivity index (χ2n) is 6.57. The van der Waals surface area contributed by atoms with Crippen molar-refractivity contribution in [1.29, 1.82) is 0 Å². The zero-order valence-electron chi connectivity index (χ0n) is 13.8. The predicted molar refractivity (Wildman–Crippen MR) is 93.0 cm³/mol. The highest BCUT2D eigenvalue weighted by Gasteiger charge is 2.21. The number of aromatic nitrogens is 2. The van der Waals surface area contributed by atoms with E-state index in [1.807, 2.05) is 17.0 Å². The molecule has 2 aromatic rings. The van der Waals surface area contributed by atoms with E-state index in [1.54, 1.807) is 0 Å². The smallest absolute Gasteiger partial charge is 0.274 e. The van der Waals surface area contributed by atoms with Crippen molar-refractivity contribution in [2.75, 3.05) is 24.5 Å². The van der Waals surface area contributed by atoms with Gasteiger partial charge in [-0.15, -0.1) is 10.2 Å². The Balaban J connectivity index is 1.47. The Kier molecular flexibility index (Phi) is 4.15. The third kappa shape index (κ3) is 2.98. The first-order valence-corrected chi connectivity index (χ1v) is 8.76. The topological polar surface area (TPSA) is 49.3 Å². The van der Waals surface area contributed by atoms with Crippen molar-refractivity contribution in [3.05, 3.63) is 53.2 Å². The van der Waals surface area contributed by atoms with E-state index in [1.165, 1.54) is 17.5 Å². The van der Waals surface area contributed by atoms with Gasteiger partial charge in [-0.2, -0.15) is 0 Å². The summed E-state index contributed by atoms with van der Waals surface area (Å²) >= 11 is 0. The third-order valence-corrected chi connectivity index (χ3v) is 4.97. The molecule has 1 fully saturated rings. The largest absolute Gasteiger partial charge is 0.350 e. The number of piperidine rings is 1. The van der Waals surface area contributed by atoms with Crippen molar-refractivity contribution < 1.29 is 4.79 Å². The fraction of sp³-hybridized carbons (Fsp3) is 0.421. The van der Waals surface area contributed by atoms with E-state index in [-0.39, 0.29) is 5.91 Å². The lowest BCUT2D eigenvalue weighted by atomic mass is 10.00. The molecule has 0 bridgehead atoms. The summed E-state index contributed by atoms with van der Waals surface area (Å²) in [4.78, 5) is 16.6. The summed E-state index contributed by atoms with van der Waals surface area (Å²) in [5.41, 5.74) is 3.22. The highest BCUT2D eigenvalue weighted by molar-refractivity contribution is 5.92. The summed E-state index contributed by atoms with van der Waals surface area (Å²) in [5, 5.41) is 8.52. The second kappa shape index (κ2) is 6.59. The van der Waals surface area contributed by atoms with Crippen LogP contribution in [0.15, 0.2) is 36.4 Å². The van der Waals surface area contributed by atoms with Crippen LogP contribution < -0.4 is 4.90 Å². The van der Waals surface area contributed by atoms with E-state index in [2.05, 4.69) is 39.4 Å². The van der Waals surface area contributed by atoms with Gasteiger partial charge >= 0.3 is 0 Å². The fourth-order valence-corrected chi connectivity index (χ4v) is 3.56. The van der Waals surface area contributed by atoms with Crippen LogP contribution in [0.4, 0.5) is 5.82 Å². The molecule has 0 unspecified atom stereocenters. The van der Waals surface area contributed by atoms with Gasteiger partial charge in [-0.05, 0) is 48.9 Å². The molecule has 2 aliphatic rings. The number of rotatable bonds is 2. The molecule has 1 aromatic carbocycles. The molecule has 24 heavy (non-hydrogen) atoms. The predicted octanol–water partition coefficient (Wildman–Crippen LogP) is 2.67. The van der Waals surface area contributed by atoms with E-state index < -0.39 is 0 Å². The number of carbonyl (C=O) groups is 1. The van der Waals surface area contributed by atoms with Crippen LogP contribution in [0.1, 0.15) is 40.9 Å². The maximum Gasteiger partial charge on any atom is 0.274 e. The third-order valence-electron chi connectivity index (χ3n) is 4.97. The van der Waals surface area contributed by atoms with Crippen molar-refractivity contribution in [3.8, 4) is 0 Å². The molecular weight excluding hydrogens is 300 g/mol. The van der Waals surface area contributed by atoms with E-state index >= 15 is 0 Å². The van der Waals surface area contributed by atoms with E-state index in [4.69, 9.17) is 0 Å². The van der Waals surface area contributed by atoms with Crippen LogP contribution in [0, 0.1) is 0 Å². The lowest BCUT2D eigenvalue weighted by molar-refractivity contribution is 0.0717. The Morgan fingerprint density at radius 1 is 0.875 bits per heavy atom. The first kappa shape index (κ1) is 15.1. The summed E-state index contributed by atoms with van der Waals surface area (Å²) in [6, 6.07) is 12.3. The van der Waals surface area contributed by atoms with Crippen LogP contribution in [-0.4, -0.2) is 40.6 Å². The number of carbonyl (C=O) groups excluding carboxylic acids is 1. The lowest BCUT2D eigenvalue weighted by Crippen LogP contribution is -2.36. The second-order valence-corrected chi connectivity index (χ2v) is 6.57. The van der Waals surface area contributed by atoms with E-state index in [0.29, 0.717) is 5.69 Å². The van der Waals surface area contributed by atoms with Crippen LogP contribution in [0.2, 0.25) is 0 Å². The summed E-state index contributed by atoms with van der Waals surface area (Å²) in [6.45, 7) is 3.46. The van der Waals surface area contributed by atoms with Crippen LogP contribution in [-0.2, 0) is 13.0 Å². The normalized spacial score (nSPS) is 17.5. The van der Waals surface area contributed by atoms with Gasteiger partial charge in [0, 0.05) is 26.2 Å². The van der Waals surface area contributed by atoms with Crippen molar-refractivity contribution >= 4 is 11.7 Å². The molecule has 3 heterocycles. The minimum Gasteiger partial charge on any atom is -0.350 e. The maximum absolute atomic E-state index is 12.5. The van der Waals surface area contributed by atoms with Gasteiger partial charge in [0.25, 0.3) is 5.91 Å². The Labute approximate surface area is 142 Å². The highest BCUT2D eigenvalue weighted by Crippen LogP contribution is 2.22. The molecule has 2 aliphatic heterocycles. The molecule has 1 saturated heterocycles. The molecule has 5 heteroatoms. The summed E-state index contributed by atoms with van der Waals surface area (Å²) < 4.78 is 0. The molecule has 0 N–H and O–H groups in total. The quantitative estimate of drug-likeness (QED) is 0.853. The molecule has 1 amide bonds. The van der Waals surface area contributed by atoms with Gasteiger partial charge in [-0.25, -0.2) is 0 Å². The molecule has 4 rings (SSSR count). The molecule has 0 radical (unpaired) electrons. The minimum absolute atomic E-state index is 0.0118. The SMILES string of the molecule is O=C(c1ccc(N2CCc3ccccc3C2)nn1)N1CCCCC1. The van der Waals surface area contributed by atoms with Crippen molar-refractivity contribution in [1.82, 2.24) is 15.1 Å². The van der Waals surface area contributed by atoms with Crippen LogP contribution in [0.3, 0.4) is 0 Å². The minimum atomic E-state index is 0.0118. The van der Waals surface area contributed by atoms with Crippen LogP contribution in [0.25, 0.3) is 0 Å². The summed E-state index contributed by atoms with van der Waals surface area (Å²) in [7, 11) is 0. The van der Waals surface area contributed by atoms with Gasteiger partial charge in [0.1, 0.15) is 0 Å². The summed E-state index contributed by atoms with van der Waals surface area (Å²) in [6.07, 6.45) is 4.41. The molecule has 0 aliphatic carbocycles. The number of likely N-dealkylation sites (tertiary alicyclic amines) is 1. The zero-order chi connectivity index (χ0) is 16.4. The van der Waals surface area contributed by atoms with Gasteiger partial charge in [0.15, 0.2) is 11.5 Å². The number of amides is 1. The van der Waals surface area contributed by atoms with Crippen molar-refractivity contribution in [2.45, 2.75) is 32.2 Å². The first-order chi connectivity index (χ1) is 11.8. The van der Waals surface area contributed by atoms with Gasteiger partial charge < -0.3 is 9.80 Å². The molecule has 0 atom stereocenters. The molecule has 5 nitrogen and oxygen atoms in total. The molecule has 1 aromatic heterocycles. The van der Waals surface area contributed by atoms with Gasteiger partial charge in [0.05, 0.1) is 0 Å². The van der Waals surface area contributed by atoms with Crippen molar-refractivity contribution in [3.63, 3.8) is 0 Å². The molecule has 0 saturated carbocycles. The Morgan fingerprint density at radius 2 is 1.67 bits per heavy atom. The lowest BCUT2D eigenvalue weighted by Gasteiger charge is -2.29. The average molecular weight is 322 g/mol. The van der Waals surface area contributed by atoms with Gasteiger partial charge in [0.2, 0.25) is 0 Å². The van der Waals surface area contributed by atoms with Crippen LogP contribution >= 0.6 is 0 Å². The number of fused-ring (bicyclic) bond motifs is 1. The molecular formula is C19H22N4O. The van der Waals surface area contributed by atoms with Crippen molar-refractivity contribution in [2.24, 2.45) is 0 Å². The maximum atomic E-state index is 12.5. The number of hydrogen-bond acceptors (Lipinski definition) is 4. The number of hydrogen-bond donors (Lipinski definition) is 0. The average Bonchev–Trinajstić information content (AvgIpc) is 2.68.